The van der Waals surface area contributed by atoms with Crippen molar-refractivity contribution in [2.75, 3.05) is 0 Å². The van der Waals surface area contributed by atoms with Crippen molar-refractivity contribution in [2.45, 2.75) is 6.61 Å². The van der Waals surface area contributed by atoms with Crippen molar-refractivity contribution in [3.8, 4) is 11.8 Å². The van der Waals surface area contributed by atoms with Crippen molar-refractivity contribution in [2.24, 2.45) is 0 Å². The summed E-state index contributed by atoms with van der Waals surface area (Å²) in [7, 11) is 0. The monoisotopic (exact) mass is 294 g/mol. The summed E-state index contributed by atoms with van der Waals surface area (Å²) in [6.45, 7) is 0.120. The van der Waals surface area contributed by atoms with Crippen molar-refractivity contribution in [1.29, 1.82) is 5.26 Å². The van der Waals surface area contributed by atoms with Gasteiger partial charge in [-0.25, -0.2) is 9.78 Å². The largest absolute Gasteiger partial charge is 0.486 e. The van der Waals surface area contributed by atoms with E-state index in [1.807, 2.05) is 6.07 Å². The molecular formula is C12H7ClN2O3S. The Kier molecular flexibility index (Phi) is 4.00. The molecule has 0 saturated heterocycles. The molecule has 19 heavy (non-hydrogen) atoms. The number of carboxylic acids is 1. The first-order chi connectivity index (χ1) is 9.10. The van der Waals surface area contributed by atoms with Gasteiger partial charge in [-0.15, -0.1) is 11.3 Å². The Morgan fingerprint density at radius 1 is 1.58 bits per heavy atom. The van der Waals surface area contributed by atoms with Crippen LogP contribution in [-0.4, -0.2) is 16.1 Å². The van der Waals surface area contributed by atoms with Crippen LogP contribution in [0.3, 0.4) is 0 Å². The van der Waals surface area contributed by atoms with Crippen LogP contribution in [0.25, 0.3) is 0 Å². The Balaban J connectivity index is 2.06. The zero-order valence-corrected chi connectivity index (χ0v) is 11.0. The highest BCUT2D eigenvalue weighted by Gasteiger charge is 2.10. The third-order valence-electron chi connectivity index (χ3n) is 2.17. The van der Waals surface area contributed by atoms with E-state index < -0.39 is 5.97 Å². The Bertz CT molecular complexity index is 663. The van der Waals surface area contributed by atoms with Crippen LogP contribution in [0.5, 0.6) is 5.75 Å². The lowest BCUT2D eigenvalue weighted by atomic mass is 10.2. The average molecular weight is 295 g/mol. The smallest absolute Gasteiger partial charge is 0.365 e. The molecule has 96 valence electrons. The minimum atomic E-state index is -1.06. The number of carbonyl (C=O) groups is 1. The number of rotatable bonds is 4. The van der Waals surface area contributed by atoms with Gasteiger partial charge >= 0.3 is 5.97 Å². The van der Waals surface area contributed by atoms with Gasteiger partial charge in [0, 0.05) is 5.38 Å². The second kappa shape index (κ2) is 5.69. The van der Waals surface area contributed by atoms with Gasteiger partial charge in [0.2, 0.25) is 5.01 Å². The number of halogens is 1. The summed E-state index contributed by atoms with van der Waals surface area (Å²) in [5.74, 6) is -0.641. The van der Waals surface area contributed by atoms with Gasteiger partial charge in [-0.05, 0) is 18.2 Å². The number of aromatic nitrogens is 1. The van der Waals surface area contributed by atoms with Crippen LogP contribution in [0.15, 0.2) is 23.6 Å². The number of aromatic carboxylic acids is 1. The molecule has 0 aliphatic heterocycles. The molecule has 0 fully saturated rings. The standard InChI is InChI=1S/C12H7ClN2O3S/c13-9-3-7(4-14)1-2-10(9)18-5-8-6-19-11(15-8)12(16)17/h1-3,6H,5H2,(H,16,17). The number of hydrogen-bond acceptors (Lipinski definition) is 5. The normalized spacial score (nSPS) is 9.89. The number of carboxylic acid groups (broad SMARTS) is 1. The maximum Gasteiger partial charge on any atom is 0.365 e. The van der Waals surface area contributed by atoms with Crippen molar-refractivity contribution in [3.63, 3.8) is 0 Å². The molecule has 0 unspecified atom stereocenters. The molecule has 1 heterocycles. The van der Waals surface area contributed by atoms with Gasteiger partial charge in [-0.2, -0.15) is 5.26 Å². The van der Waals surface area contributed by atoms with Gasteiger partial charge in [0.1, 0.15) is 12.4 Å². The lowest BCUT2D eigenvalue weighted by Gasteiger charge is -2.06. The molecule has 5 nitrogen and oxygen atoms in total. The van der Waals surface area contributed by atoms with Gasteiger partial charge in [-0.1, -0.05) is 11.6 Å². The van der Waals surface area contributed by atoms with Crippen molar-refractivity contribution >= 4 is 28.9 Å². The maximum atomic E-state index is 10.7. The summed E-state index contributed by atoms with van der Waals surface area (Å²) in [5.41, 5.74) is 0.960. The number of benzene rings is 1. The number of nitrogens with zero attached hydrogens (tertiary/aromatic N) is 2. The van der Waals surface area contributed by atoms with Gasteiger partial charge in [-0.3, -0.25) is 0 Å². The molecule has 1 aromatic heterocycles. The first kappa shape index (κ1) is 13.3. The number of ether oxygens (including phenoxy) is 1. The van der Waals surface area contributed by atoms with Crippen molar-refractivity contribution < 1.29 is 14.6 Å². The number of hydrogen-bond donors (Lipinski definition) is 1. The fourth-order valence-corrected chi connectivity index (χ4v) is 2.18. The van der Waals surface area contributed by atoms with Crippen LogP contribution in [0.2, 0.25) is 5.02 Å². The highest BCUT2D eigenvalue weighted by Crippen LogP contribution is 2.26. The minimum absolute atomic E-state index is 0.0181. The Morgan fingerprint density at radius 3 is 2.95 bits per heavy atom. The summed E-state index contributed by atoms with van der Waals surface area (Å²) in [5, 5.41) is 19.4. The van der Waals surface area contributed by atoms with E-state index in [0.29, 0.717) is 22.0 Å². The van der Waals surface area contributed by atoms with E-state index >= 15 is 0 Å². The zero-order chi connectivity index (χ0) is 13.8. The molecular weight excluding hydrogens is 288 g/mol. The Hall–Kier alpha value is -2.10. The molecule has 0 bridgehead atoms. The quantitative estimate of drug-likeness (QED) is 0.937. The third-order valence-corrected chi connectivity index (χ3v) is 3.35. The molecule has 0 aliphatic carbocycles. The molecule has 0 aliphatic rings. The van der Waals surface area contributed by atoms with Crippen LogP contribution < -0.4 is 4.74 Å². The molecule has 0 spiro atoms. The number of thiazole rings is 1. The predicted octanol–water partition coefficient (Wildman–Crippen LogP) is 2.95. The van der Waals surface area contributed by atoms with E-state index in [-0.39, 0.29) is 11.6 Å². The lowest BCUT2D eigenvalue weighted by Crippen LogP contribution is -1.99. The fraction of sp³-hybridized carbons (Fsp3) is 0.0833. The number of nitriles is 1. The third kappa shape index (κ3) is 3.22. The molecule has 0 radical (unpaired) electrons. The fourth-order valence-electron chi connectivity index (χ4n) is 1.31. The molecule has 7 heteroatoms. The maximum absolute atomic E-state index is 10.7. The van der Waals surface area contributed by atoms with E-state index in [0.717, 1.165) is 11.3 Å². The zero-order valence-electron chi connectivity index (χ0n) is 9.46. The molecule has 0 amide bonds. The topological polar surface area (TPSA) is 83.2 Å². The predicted molar refractivity (Wildman–Crippen MR) is 69.6 cm³/mol. The van der Waals surface area contributed by atoms with E-state index in [4.69, 9.17) is 26.7 Å². The molecule has 2 rings (SSSR count). The van der Waals surface area contributed by atoms with Crippen LogP contribution in [0.4, 0.5) is 0 Å². The Labute approximate surface area is 117 Å². The summed E-state index contributed by atoms with van der Waals surface area (Å²) < 4.78 is 5.43. The summed E-state index contributed by atoms with van der Waals surface area (Å²) in [6.07, 6.45) is 0. The second-order valence-corrected chi connectivity index (χ2v) is 4.76. The van der Waals surface area contributed by atoms with Crippen LogP contribution in [0, 0.1) is 11.3 Å². The average Bonchev–Trinajstić information content (AvgIpc) is 2.86. The molecule has 2 aromatic rings. The first-order valence-electron chi connectivity index (χ1n) is 5.10. The molecule has 1 aromatic carbocycles. The molecule has 0 atom stereocenters. The van der Waals surface area contributed by atoms with E-state index in [1.165, 1.54) is 6.07 Å². The summed E-state index contributed by atoms with van der Waals surface area (Å²) in [6, 6.07) is 6.65. The van der Waals surface area contributed by atoms with Gasteiger partial charge in [0.25, 0.3) is 0 Å². The second-order valence-electron chi connectivity index (χ2n) is 3.49. The van der Waals surface area contributed by atoms with Crippen LogP contribution in [0.1, 0.15) is 21.1 Å². The van der Waals surface area contributed by atoms with Gasteiger partial charge in [0.15, 0.2) is 0 Å². The summed E-state index contributed by atoms with van der Waals surface area (Å²) >= 11 is 6.98. The van der Waals surface area contributed by atoms with Crippen LogP contribution >= 0.6 is 22.9 Å². The molecule has 1 N–H and O–H groups in total. The first-order valence-corrected chi connectivity index (χ1v) is 6.36. The van der Waals surface area contributed by atoms with Gasteiger partial charge < -0.3 is 9.84 Å². The van der Waals surface area contributed by atoms with E-state index in [1.54, 1.807) is 17.5 Å². The van der Waals surface area contributed by atoms with E-state index in [2.05, 4.69) is 4.98 Å². The van der Waals surface area contributed by atoms with Crippen LogP contribution in [-0.2, 0) is 6.61 Å². The molecule has 0 saturated carbocycles. The summed E-state index contributed by atoms with van der Waals surface area (Å²) in [4.78, 5) is 14.6. The highest BCUT2D eigenvalue weighted by atomic mass is 35.5. The Morgan fingerprint density at radius 2 is 2.37 bits per heavy atom. The highest BCUT2D eigenvalue weighted by molar-refractivity contribution is 7.11. The van der Waals surface area contributed by atoms with Gasteiger partial charge in [0.05, 0.1) is 22.3 Å². The lowest BCUT2D eigenvalue weighted by molar-refractivity contribution is 0.0696. The van der Waals surface area contributed by atoms with E-state index in [9.17, 15) is 4.79 Å². The van der Waals surface area contributed by atoms with Crippen molar-refractivity contribution in [3.05, 3.63) is 44.9 Å². The SMILES string of the molecule is N#Cc1ccc(OCc2csc(C(=O)O)n2)c(Cl)c1. The van der Waals surface area contributed by atoms with Crippen molar-refractivity contribution in [1.82, 2.24) is 4.98 Å². The minimum Gasteiger partial charge on any atom is -0.486 e.